The Labute approximate surface area is 162 Å². The Hall–Kier alpha value is -1.64. The van der Waals surface area contributed by atoms with Crippen LogP contribution >= 0.6 is 0 Å². The van der Waals surface area contributed by atoms with Gasteiger partial charge in [0.1, 0.15) is 0 Å². The monoisotopic (exact) mass is 397 g/mol. The van der Waals surface area contributed by atoms with Gasteiger partial charge in [0.25, 0.3) is 0 Å². The standard InChI is InChI=1S/C19H31N3O4S/c1-16-7-5-8-18(17(16)2)20-10-12-21(13-11-20)19(23)15-22(27(4,24)25)9-6-14-26-3/h5,7-8H,6,9-15H2,1-4H3. The van der Waals surface area contributed by atoms with Crippen LogP contribution in [0, 0.1) is 13.8 Å². The number of hydrogen-bond donors (Lipinski definition) is 0. The molecule has 1 aliphatic heterocycles. The third kappa shape index (κ3) is 5.92. The average Bonchev–Trinajstić information content (AvgIpc) is 2.62. The number of rotatable bonds is 8. The van der Waals surface area contributed by atoms with Crippen LogP contribution in [-0.2, 0) is 19.6 Å². The first-order valence-corrected chi connectivity index (χ1v) is 11.1. The van der Waals surface area contributed by atoms with Crippen molar-refractivity contribution >= 4 is 21.6 Å². The van der Waals surface area contributed by atoms with Gasteiger partial charge in [0.05, 0.1) is 12.8 Å². The van der Waals surface area contributed by atoms with Gasteiger partial charge in [0.15, 0.2) is 0 Å². The van der Waals surface area contributed by atoms with E-state index in [1.165, 1.54) is 21.1 Å². The molecule has 7 nitrogen and oxygen atoms in total. The first-order chi connectivity index (χ1) is 12.7. The first kappa shape index (κ1) is 21.7. The van der Waals surface area contributed by atoms with Crippen molar-refractivity contribution in [3.05, 3.63) is 29.3 Å². The lowest BCUT2D eigenvalue weighted by molar-refractivity contribution is -0.131. The maximum atomic E-state index is 12.6. The van der Waals surface area contributed by atoms with Crippen molar-refractivity contribution < 1.29 is 17.9 Å². The zero-order valence-electron chi connectivity index (χ0n) is 16.8. The number of carbonyl (C=O) groups is 1. The summed E-state index contributed by atoms with van der Waals surface area (Å²) in [6.45, 7) is 7.57. The molecule has 1 saturated heterocycles. The highest BCUT2D eigenvalue weighted by atomic mass is 32.2. The predicted molar refractivity (Wildman–Crippen MR) is 108 cm³/mol. The Balaban J connectivity index is 1.94. The van der Waals surface area contributed by atoms with Crippen LogP contribution in [-0.4, -0.2) is 82.8 Å². The number of carbonyl (C=O) groups excluding carboxylic acids is 1. The molecule has 1 amide bonds. The Kier molecular flexibility index (Phi) is 7.64. The van der Waals surface area contributed by atoms with Crippen molar-refractivity contribution in [2.45, 2.75) is 20.3 Å². The van der Waals surface area contributed by atoms with E-state index in [0.29, 0.717) is 32.7 Å². The predicted octanol–water partition coefficient (Wildman–Crippen LogP) is 1.25. The zero-order chi connectivity index (χ0) is 20.0. The van der Waals surface area contributed by atoms with E-state index in [0.717, 1.165) is 19.3 Å². The number of sulfonamides is 1. The van der Waals surface area contributed by atoms with Gasteiger partial charge in [-0.1, -0.05) is 12.1 Å². The minimum atomic E-state index is -3.42. The number of hydrogen-bond acceptors (Lipinski definition) is 5. The number of ether oxygens (including phenoxy) is 1. The summed E-state index contributed by atoms with van der Waals surface area (Å²) in [6.07, 6.45) is 1.71. The Morgan fingerprint density at radius 2 is 1.85 bits per heavy atom. The number of benzene rings is 1. The lowest BCUT2D eigenvalue weighted by Gasteiger charge is -2.37. The molecule has 0 bridgehead atoms. The van der Waals surface area contributed by atoms with Crippen LogP contribution in [0.2, 0.25) is 0 Å². The smallest absolute Gasteiger partial charge is 0.238 e. The van der Waals surface area contributed by atoms with E-state index < -0.39 is 10.0 Å². The van der Waals surface area contributed by atoms with Gasteiger partial charge in [-0.3, -0.25) is 4.79 Å². The van der Waals surface area contributed by atoms with Crippen molar-refractivity contribution in [1.82, 2.24) is 9.21 Å². The van der Waals surface area contributed by atoms with Crippen LogP contribution in [0.3, 0.4) is 0 Å². The quantitative estimate of drug-likeness (QED) is 0.618. The molecule has 0 atom stereocenters. The van der Waals surface area contributed by atoms with E-state index in [1.54, 1.807) is 12.0 Å². The summed E-state index contributed by atoms with van der Waals surface area (Å²) in [6, 6.07) is 6.27. The van der Waals surface area contributed by atoms with E-state index in [9.17, 15) is 13.2 Å². The van der Waals surface area contributed by atoms with Gasteiger partial charge in [-0.2, -0.15) is 4.31 Å². The van der Waals surface area contributed by atoms with Crippen molar-refractivity contribution in [3.63, 3.8) is 0 Å². The van der Waals surface area contributed by atoms with Gasteiger partial charge in [-0.05, 0) is 37.5 Å². The number of methoxy groups -OCH3 is 1. The number of piperazine rings is 1. The van der Waals surface area contributed by atoms with Gasteiger partial charge < -0.3 is 14.5 Å². The summed E-state index contributed by atoms with van der Waals surface area (Å²) in [7, 11) is -1.85. The van der Waals surface area contributed by atoms with Gasteiger partial charge in [0, 0.05) is 52.1 Å². The Morgan fingerprint density at radius 3 is 2.44 bits per heavy atom. The Morgan fingerprint density at radius 1 is 1.19 bits per heavy atom. The molecule has 1 fully saturated rings. The molecule has 1 aromatic carbocycles. The normalized spacial score (nSPS) is 15.4. The van der Waals surface area contributed by atoms with Crippen LogP contribution < -0.4 is 4.90 Å². The Bertz CT molecular complexity index is 743. The largest absolute Gasteiger partial charge is 0.385 e. The van der Waals surface area contributed by atoms with Crippen LogP contribution in [0.4, 0.5) is 5.69 Å². The van der Waals surface area contributed by atoms with Crippen LogP contribution in [0.5, 0.6) is 0 Å². The summed E-state index contributed by atoms with van der Waals surface area (Å²) < 4.78 is 30.1. The summed E-state index contributed by atoms with van der Waals surface area (Å²) in [5.41, 5.74) is 3.73. The highest BCUT2D eigenvalue weighted by Gasteiger charge is 2.26. The van der Waals surface area contributed by atoms with Crippen molar-refractivity contribution in [2.75, 3.05) is 64.1 Å². The van der Waals surface area contributed by atoms with Gasteiger partial charge in [-0.15, -0.1) is 0 Å². The molecule has 27 heavy (non-hydrogen) atoms. The topological polar surface area (TPSA) is 70.2 Å². The molecule has 2 rings (SSSR count). The van der Waals surface area contributed by atoms with Crippen molar-refractivity contribution in [2.24, 2.45) is 0 Å². The van der Waals surface area contributed by atoms with Crippen molar-refractivity contribution in [3.8, 4) is 0 Å². The first-order valence-electron chi connectivity index (χ1n) is 9.27. The van der Waals surface area contributed by atoms with E-state index in [4.69, 9.17) is 4.74 Å². The zero-order valence-corrected chi connectivity index (χ0v) is 17.6. The fourth-order valence-corrected chi connectivity index (χ4v) is 4.08. The molecule has 0 aliphatic carbocycles. The molecule has 1 aliphatic rings. The molecule has 0 saturated carbocycles. The average molecular weight is 398 g/mol. The van der Waals surface area contributed by atoms with Crippen LogP contribution in [0.15, 0.2) is 18.2 Å². The van der Waals surface area contributed by atoms with E-state index in [2.05, 4.69) is 36.9 Å². The number of anilines is 1. The minimum absolute atomic E-state index is 0.105. The van der Waals surface area contributed by atoms with Crippen LogP contribution in [0.25, 0.3) is 0 Å². The fourth-order valence-electron chi connectivity index (χ4n) is 3.27. The molecule has 8 heteroatoms. The summed E-state index contributed by atoms with van der Waals surface area (Å²) in [4.78, 5) is 16.7. The highest BCUT2D eigenvalue weighted by Crippen LogP contribution is 2.23. The fraction of sp³-hybridized carbons (Fsp3) is 0.632. The maximum Gasteiger partial charge on any atom is 0.238 e. The van der Waals surface area contributed by atoms with Gasteiger partial charge >= 0.3 is 0 Å². The van der Waals surface area contributed by atoms with Gasteiger partial charge in [0.2, 0.25) is 15.9 Å². The summed E-state index contributed by atoms with van der Waals surface area (Å²) in [5.74, 6) is -0.140. The molecule has 0 unspecified atom stereocenters. The van der Waals surface area contributed by atoms with Crippen LogP contribution in [0.1, 0.15) is 17.5 Å². The number of aryl methyl sites for hydroxylation is 1. The molecule has 152 valence electrons. The second-order valence-corrected chi connectivity index (χ2v) is 9.01. The third-order valence-corrected chi connectivity index (χ3v) is 6.34. The molecular weight excluding hydrogens is 366 g/mol. The summed E-state index contributed by atoms with van der Waals surface area (Å²) in [5, 5.41) is 0. The lowest BCUT2D eigenvalue weighted by atomic mass is 10.1. The second-order valence-electron chi connectivity index (χ2n) is 7.03. The maximum absolute atomic E-state index is 12.6. The van der Waals surface area contributed by atoms with E-state index >= 15 is 0 Å². The summed E-state index contributed by atoms with van der Waals surface area (Å²) >= 11 is 0. The molecule has 1 aromatic rings. The molecular formula is C19H31N3O4S. The second kappa shape index (κ2) is 9.52. The molecule has 0 N–H and O–H groups in total. The van der Waals surface area contributed by atoms with E-state index in [-0.39, 0.29) is 12.5 Å². The minimum Gasteiger partial charge on any atom is -0.385 e. The number of nitrogens with zero attached hydrogens (tertiary/aromatic N) is 3. The van der Waals surface area contributed by atoms with Crippen molar-refractivity contribution in [1.29, 1.82) is 0 Å². The molecule has 0 aromatic heterocycles. The lowest BCUT2D eigenvalue weighted by Crippen LogP contribution is -2.52. The third-order valence-electron chi connectivity index (χ3n) is 5.09. The molecule has 1 heterocycles. The number of amides is 1. The SMILES string of the molecule is COCCCN(CC(=O)N1CCN(c2cccc(C)c2C)CC1)S(C)(=O)=O. The van der Waals surface area contributed by atoms with Gasteiger partial charge in [-0.25, -0.2) is 8.42 Å². The highest BCUT2D eigenvalue weighted by molar-refractivity contribution is 7.88. The molecule has 0 radical (unpaired) electrons. The van der Waals surface area contributed by atoms with E-state index in [1.807, 2.05) is 0 Å². The molecule has 0 spiro atoms.